The highest BCUT2D eigenvalue weighted by atomic mass is 19.1. The second-order valence-electron chi connectivity index (χ2n) is 6.71. The third-order valence-corrected chi connectivity index (χ3v) is 4.69. The maximum atomic E-state index is 14.3. The number of hydrogen-bond acceptors (Lipinski definition) is 4. The Morgan fingerprint density at radius 2 is 1.93 bits per heavy atom. The zero-order valence-corrected chi connectivity index (χ0v) is 14.4. The molecule has 1 saturated heterocycles. The van der Waals surface area contributed by atoms with E-state index in [9.17, 15) is 18.4 Å². The highest BCUT2D eigenvalue weighted by molar-refractivity contribution is 5.96. The first kappa shape index (κ1) is 17.6. The van der Waals surface area contributed by atoms with Gasteiger partial charge in [0, 0.05) is 31.1 Å². The summed E-state index contributed by atoms with van der Waals surface area (Å²) in [6.45, 7) is 0.955. The average molecular weight is 373 g/mol. The molecule has 2 aromatic carbocycles. The van der Waals surface area contributed by atoms with Crippen LogP contribution in [0.5, 0.6) is 5.75 Å². The van der Waals surface area contributed by atoms with E-state index in [2.05, 4.69) is 0 Å². The zero-order chi connectivity index (χ0) is 19.0. The molecule has 2 heterocycles. The molecule has 0 atom stereocenters. The second-order valence-corrected chi connectivity index (χ2v) is 6.71. The van der Waals surface area contributed by atoms with Gasteiger partial charge in [0.2, 0.25) is 0 Å². The molecule has 5 nitrogen and oxygen atoms in total. The number of amides is 1. The molecule has 4 rings (SSSR count). The summed E-state index contributed by atoms with van der Waals surface area (Å²) in [7, 11) is 0. The molecule has 2 aromatic rings. The van der Waals surface area contributed by atoms with Crippen molar-refractivity contribution in [1.82, 2.24) is 4.90 Å². The standard InChI is InChI=1S/C20H17F2NO4/c21-14-3-1-12(2-4-14)10-26-16-8-23(9-16)20(25)17-6-13-5-15(24)11-27-19(13)7-18(17)22/h1-4,6-7,16H,5,8-11H2. The first-order chi connectivity index (χ1) is 13.0. The number of nitrogens with zero attached hydrogens (tertiary/aromatic N) is 1. The first-order valence-corrected chi connectivity index (χ1v) is 8.62. The molecule has 2 aliphatic heterocycles. The fourth-order valence-electron chi connectivity index (χ4n) is 3.13. The Bertz CT molecular complexity index is 892. The van der Waals surface area contributed by atoms with E-state index in [1.165, 1.54) is 23.1 Å². The Labute approximate surface area is 154 Å². The van der Waals surface area contributed by atoms with Crippen LogP contribution < -0.4 is 4.74 Å². The van der Waals surface area contributed by atoms with Crippen LogP contribution in [0.3, 0.4) is 0 Å². The van der Waals surface area contributed by atoms with E-state index in [-0.39, 0.29) is 36.3 Å². The summed E-state index contributed by atoms with van der Waals surface area (Å²) < 4.78 is 38.0. The Morgan fingerprint density at radius 1 is 1.19 bits per heavy atom. The number of benzene rings is 2. The van der Waals surface area contributed by atoms with E-state index in [1.807, 2.05) is 0 Å². The molecule has 7 heteroatoms. The van der Waals surface area contributed by atoms with Crippen LogP contribution >= 0.6 is 0 Å². The van der Waals surface area contributed by atoms with Crippen molar-refractivity contribution in [2.24, 2.45) is 0 Å². The Hall–Kier alpha value is -2.80. The fourth-order valence-corrected chi connectivity index (χ4v) is 3.13. The smallest absolute Gasteiger partial charge is 0.257 e. The number of hydrogen-bond donors (Lipinski definition) is 0. The monoisotopic (exact) mass is 373 g/mol. The molecular weight excluding hydrogens is 356 g/mol. The minimum atomic E-state index is -0.663. The molecule has 0 unspecified atom stereocenters. The van der Waals surface area contributed by atoms with E-state index < -0.39 is 11.7 Å². The lowest BCUT2D eigenvalue weighted by atomic mass is 10.0. The van der Waals surface area contributed by atoms with Gasteiger partial charge in [0.05, 0.1) is 18.3 Å². The van der Waals surface area contributed by atoms with Gasteiger partial charge in [-0.1, -0.05) is 12.1 Å². The lowest BCUT2D eigenvalue weighted by Gasteiger charge is -2.39. The number of Topliss-reactive ketones (excluding diaryl/α,β-unsaturated/α-hetero) is 1. The van der Waals surface area contributed by atoms with Crippen molar-refractivity contribution >= 4 is 11.7 Å². The van der Waals surface area contributed by atoms with Gasteiger partial charge >= 0.3 is 0 Å². The van der Waals surface area contributed by atoms with Crippen LogP contribution in [-0.4, -0.2) is 42.4 Å². The number of ether oxygens (including phenoxy) is 2. The van der Waals surface area contributed by atoms with Crippen molar-refractivity contribution in [3.8, 4) is 5.75 Å². The van der Waals surface area contributed by atoms with E-state index >= 15 is 0 Å². The van der Waals surface area contributed by atoms with Gasteiger partial charge in [-0.15, -0.1) is 0 Å². The molecule has 0 N–H and O–H groups in total. The molecule has 140 valence electrons. The van der Waals surface area contributed by atoms with E-state index in [1.54, 1.807) is 12.1 Å². The summed E-state index contributed by atoms with van der Waals surface area (Å²) in [6.07, 6.45) is -0.0103. The molecule has 27 heavy (non-hydrogen) atoms. The molecule has 2 aliphatic rings. The first-order valence-electron chi connectivity index (χ1n) is 8.62. The average Bonchev–Trinajstić information content (AvgIpc) is 2.61. The Morgan fingerprint density at radius 3 is 2.67 bits per heavy atom. The van der Waals surface area contributed by atoms with Gasteiger partial charge in [-0.25, -0.2) is 8.78 Å². The highest BCUT2D eigenvalue weighted by Crippen LogP contribution is 2.28. The van der Waals surface area contributed by atoms with Gasteiger partial charge in [0.25, 0.3) is 5.91 Å². The van der Waals surface area contributed by atoms with Crippen LogP contribution in [0.25, 0.3) is 0 Å². The van der Waals surface area contributed by atoms with Crippen molar-refractivity contribution in [3.05, 3.63) is 64.7 Å². The molecule has 0 bridgehead atoms. The van der Waals surface area contributed by atoms with Crippen molar-refractivity contribution in [3.63, 3.8) is 0 Å². The van der Waals surface area contributed by atoms with Gasteiger partial charge in [-0.2, -0.15) is 0 Å². The fraction of sp³-hybridized carbons (Fsp3) is 0.300. The highest BCUT2D eigenvalue weighted by Gasteiger charge is 2.34. The minimum Gasteiger partial charge on any atom is -0.485 e. The normalized spacial score (nSPS) is 16.5. The summed E-state index contributed by atoms with van der Waals surface area (Å²) >= 11 is 0. The van der Waals surface area contributed by atoms with Crippen LogP contribution in [0, 0.1) is 11.6 Å². The Kier molecular flexibility index (Phi) is 4.61. The summed E-state index contributed by atoms with van der Waals surface area (Å²) in [4.78, 5) is 25.5. The summed E-state index contributed by atoms with van der Waals surface area (Å²) in [5.41, 5.74) is 1.30. The summed E-state index contributed by atoms with van der Waals surface area (Å²) in [5.74, 6) is -1.20. The van der Waals surface area contributed by atoms with Crippen LogP contribution in [0.4, 0.5) is 8.78 Å². The van der Waals surface area contributed by atoms with E-state index in [0.717, 1.165) is 11.6 Å². The van der Waals surface area contributed by atoms with Crippen molar-refractivity contribution in [1.29, 1.82) is 0 Å². The van der Waals surface area contributed by atoms with Crippen LogP contribution in [0.2, 0.25) is 0 Å². The Balaban J connectivity index is 1.35. The number of halogens is 2. The number of ketones is 1. The molecular formula is C20H17F2NO4. The SMILES string of the molecule is O=C1COc2cc(F)c(C(=O)N3CC(OCc4ccc(F)cc4)C3)cc2C1. The maximum Gasteiger partial charge on any atom is 0.257 e. The molecule has 0 saturated carbocycles. The lowest BCUT2D eigenvalue weighted by Crippen LogP contribution is -2.54. The minimum absolute atomic E-state index is 0.0657. The van der Waals surface area contributed by atoms with Crippen LogP contribution in [0.1, 0.15) is 21.5 Å². The summed E-state index contributed by atoms with van der Waals surface area (Å²) in [5, 5.41) is 0. The largest absolute Gasteiger partial charge is 0.485 e. The number of carbonyl (C=O) groups excluding carboxylic acids is 2. The number of likely N-dealkylation sites (tertiary alicyclic amines) is 1. The van der Waals surface area contributed by atoms with Gasteiger partial charge in [0.1, 0.15) is 24.0 Å². The third kappa shape index (κ3) is 3.68. The van der Waals surface area contributed by atoms with Gasteiger partial charge in [-0.05, 0) is 23.8 Å². The molecule has 0 radical (unpaired) electrons. The zero-order valence-electron chi connectivity index (χ0n) is 14.4. The van der Waals surface area contributed by atoms with Crippen molar-refractivity contribution < 1.29 is 27.8 Å². The van der Waals surface area contributed by atoms with Crippen LogP contribution in [0.15, 0.2) is 36.4 Å². The maximum absolute atomic E-state index is 14.3. The number of fused-ring (bicyclic) bond motifs is 1. The summed E-state index contributed by atoms with van der Waals surface area (Å²) in [6, 6.07) is 8.57. The third-order valence-electron chi connectivity index (χ3n) is 4.69. The lowest BCUT2D eigenvalue weighted by molar-refractivity contribution is -0.121. The molecule has 1 fully saturated rings. The number of rotatable bonds is 4. The predicted molar refractivity (Wildman–Crippen MR) is 91.5 cm³/mol. The van der Waals surface area contributed by atoms with Crippen molar-refractivity contribution in [2.45, 2.75) is 19.1 Å². The molecule has 1 amide bonds. The quantitative estimate of drug-likeness (QED) is 0.827. The number of carbonyl (C=O) groups is 2. The van der Waals surface area contributed by atoms with Crippen LogP contribution in [-0.2, 0) is 22.6 Å². The molecule has 0 aromatic heterocycles. The van der Waals surface area contributed by atoms with Crippen molar-refractivity contribution in [2.75, 3.05) is 19.7 Å². The van der Waals surface area contributed by atoms with E-state index in [4.69, 9.17) is 9.47 Å². The van der Waals surface area contributed by atoms with Gasteiger partial charge in [0.15, 0.2) is 5.78 Å². The molecule has 0 spiro atoms. The van der Waals surface area contributed by atoms with Gasteiger partial charge < -0.3 is 14.4 Å². The topological polar surface area (TPSA) is 55.8 Å². The van der Waals surface area contributed by atoms with E-state index in [0.29, 0.717) is 31.0 Å². The predicted octanol–water partition coefficient (Wildman–Crippen LogP) is 2.51. The second kappa shape index (κ2) is 7.08. The molecule has 0 aliphatic carbocycles. The van der Waals surface area contributed by atoms with Gasteiger partial charge in [-0.3, -0.25) is 9.59 Å².